The lowest BCUT2D eigenvalue weighted by Gasteiger charge is -2.01. The summed E-state index contributed by atoms with van der Waals surface area (Å²) in [6.07, 6.45) is 3.24. The molecule has 2 aromatic heterocycles. The molecule has 0 unspecified atom stereocenters. The van der Waals surface area contributed by atoms with Crippen LogP contribution in [0.1, 0.15) is 22.0 Å². The van der Waals surface area contributed by atoms with E-state index in [0.29, 0.717) is 12.3 Å². The summed E-state index contributed by atoms with van der Waals surface area (Å²) in [4.78, 5) is 16.2. The molecule has 0 aliphatic heterocycles. The first-order chi connectivity index (χ1) is 9.83. The number of aromatic nitrogens is 1. The van der Waals surface area contributed by atoms with Crippen LogP contribution < -0.4 is 5.32 Å². The fourth-order valence-corrected chi connectivity index (χ4v) is 2.97. The maximum Gasteiger partial charge on any atom is 0.286 e. The Morgan fingerprint density at radius 3 is 2.95 bits per heavy atom. The van der Waals surface area contributed by atoms with Gasteiger partial charge in [-0.3, -0.25) is 4.79 Å². The van der Waals surface area contributed by atoms with E-state index < -0.39 is 0 Å². The van der Waals surface area contributed by atoms with Crippen molar-refractivity contribution < 1.29 is 9.21 Å². The van der Waals surface area contributed by atoms with Crippen LogP contribution >= 0.6 is 11.3 Å². The fourth-order valence-electron chi connectivity index (χ4n) is 1.96. The Morgan fingerprint density at radius 1 is 1.25 bits per heavy atom. The Morgan fingerprint density at radius 2 is 2.15 bits per heavy atom. The summed E-state index contributed by atoms with van der Waals surface area (Å²) in [5, 5.41) is 3.94. The Kier molecular flexibility index (Phi) is 3.78. The van der Waals surface area contributed by atoms with Gasteiger partial charge in [0.1, 0.15) is 0 Å². The molecule has 0 radical (unpaired) electrons. The van der Waals surface area contributed by atoms with E-state index in [-0.39, 0.29) is 5.91 Å². The van der Waals surface area contributed by atoms with Gasteiger partial charge in [0.25, 0.3) is 5.91 Å². The van der Waals surface area contributed by atoms with Crippen molar-refractivity contribution in [2.75, 3.05) is 6.54 Å². The number of amides is 1. The highest BCUT2D eigenvalue weighted by Gasteiger charge is 2.07. The lowest BCUT2D eigenvalue weighted by atomic mass is 10.3. The molecule has 0 bridgehead atoms. The number of carbonyl (C=O) groups excluding carboxylic acids is 1. The second-order valence-electron chi connectivity index (χ2n) is 4.41. The molecule has 2 heterocycles. The number of benzene rings is 1. The minimum absolute atomic E-state index is 0.167. The van der Waals surface area contributed by atoms with Crippen molar-refractivity contribution in [2.24, 2.45) is 0 Å². The van der Waals surface area contributed by atoms with E-state index in [4.69, 9.17) is 4.42 Å². The molecule has 20 heavy (non-hydrogen) atoms. The number of furan rings is 1. The minimum atomic E-state index is -0.167. The molecule has 4 nitrogen and oxygen atoms in total. The van der Waals surface area contributed by atoms with Crippen LogP contribution in [0, 0.1) is 0 Å². The van der Waals surface area contributed by atoms with Gasteiger partial charge < -0.3 is 9.73 Å². The highest BCUT2D eigenvalue weighted by atomic mass is 32.1. The van der Waals surface area contributed by atoms with E-state index in [1.807, 2.05) is 18.2 Å². The Hall–Kier alpha value is -2.14. The van der Waals surface area contributed by atoms with Crippen molar-refractivity contribution in [3.63, 3.8) is 0 Å². The molecule has 1 aromatic carbocycles. The largest absolute Gasteiger partial charge is 0.459 e. The van der Waals surface area contributed by atoms with Crippen LogP contribution in [0.25, 0.3) is 10.2 Å². The smallest absolute Gasteiger partial charge is 0.286 e. The van der Waals surface area contributed by atoms with Crippen LogP contribution in [0.2, 0.25) is 0 Å². The number of thiazole rings is 1. The van der Waals surface area contributed by atoms with E-state index in [1.165, 1.54) is 11.0 Å². The number of aryl methyl sites for hydroxylation is 1. The highest BCUT2D eigenvalue weighted by Crippen LogP contribution is 2.22. The van der Waals surface area contributed by atoms with Crippen molar-refractivity contribution in [3.05, 3.63) is 53.4 Å². The summed E-state index contributed by atoms with van der Waals surface area (Å²) in [6.45, 7) is 0.620. The van der Waals surface area contributed by atoms with Crippen molar-refractivity contribution in [2.45, 2.75) is 12.8 Å². The van der Waals surface area contributed by atoms with Crippen LogP contribution in [0.3, 0.4) is 0 Å². The predicted octanol–water partition coefficient (Wildman–Crippen LogP) is 3.25. The Labute approximate surface area is 120 Å². The summed E-state index contributed by atoms with van der Waals surface area (Å²) < 4.78 is 6.24. The van der Waals surface area contributed by atoms with Crippen LogP contribution in [-0.2, 0) is 6.42 Å². The molecule has 3 aromatic rings. The van der Waals surface area contributed by atoms with Crippen molar-refractivity contribution in [3.8, 4) is 0 Å². The van der Waals surface area contributed by atoms with Gasteiger partial charge in [-0.1, -0.05) is 12.1 Å². The molecule has 1 N–H and O–H groups in total. The number of para-hydroxylation sites is 1. The number of hydrogen-bond acceptors (Lipinski definition) is 4. The molecule has 1 amide bonds. The number of rotatable bonds is 5. The maximum absolute atomic E-state index is 11.6. The number of nitrogens with zero attached hydrogens (tertiary/aromatic N) is 1. The molecule has 0 aliphatic carbocycles. The van der Waals surface area contributed by atoms with Gasteiger partial charge in [0, 0.05) is 13.0 Å². The minimum Gasteiger partial charge on any atom is -0.459 e. The van der Waals surface area contributed by atoms with Gasteiger partial charge in [-0.15, -0.1) is 11.3 Å². The van der Waals surface area contributed by atoms with Crippen molar-refractivity contribution in [1.82, 2.24) is 10.3 Å². The normalized spacial score (nSPS) is 10.8. The van der Waals surface area contributed by atoms with Gasteiger partial charge in [0.05, 0.1) is 21.5 Å². The monoisotopic (exact) mass is 286 g/mol. The van der Waals surface area contributed by atoms with Gasteiger partial charge in [-0.2, -0.15) is 0 Å². The summed E-state index contributed by atoms with van der Waals surface area (Å²) in [6, 6.07) is 11.5. The van der Waals surface area contributed by atoms with Crippen molar-refractivity contribution in [1.29, 1.82) is 0 Å². The summed E-state index contributed by atoms with van der Waals surface area (Å²) in [5.41, 5.74) is 1.05. The van der Waals surface area contributed by atoms with Gasteiger partial charge in [-0.05, 0) is 30.7 Å². The van der Waals surface area contributed by atoms with Crippen LogP contribution in [0.5, 0.6) is 0 Å². The molecule has 0 fully saturated rings. The van der Waals surface area contributed by atoms with Crippen LogP contribution in [0.4, 0.5) is 0 Å². The second-order valence-corrected chi connectivity index (χ2v) is 5.53. The first kappa shape index (κ1) is 12.9. The molecule has 3 rings (SSSR count). The van der Waals surface area contributed by atoms with E-state index >= 15 is 0 Å². The quantitative estimate of drug-likeness (QED) is 0.732. The zero-order valence-corrected chi connectivity index (χ0v) is 11.7. The van der Waals surface area contributed by atoms with E-state index in [9.17, 15) is 4.79 Å². The van der Waals surface area contributed by atoms with E-state index in [0.717, 1.165) is 23.4 Å². The van der Waals surface area contributed by atoms with Gasteiger partial charge in [0.2, 0.25) is 0 Å². The number of hydrogen-bond donors (Lipinski definition) is 1. The second kappa shape index (κ2) is 5.88. The molecule has 0 aliphatic rings. The average Bonchev–Trinajstić information content (AvgIpc) is 3.11. The summed E-state index contributed by atoms with van der Waals surface area (Å²) in [5.74, 6) is 0.185. The summed E-state index contributed by atoms with van der Waals surface area (Å²) >= 11 is 1.71. The maximum atomic E-state index is 11.6. The Bertz CT molecular complexity index is 671. The molecule has 102 valence electrons. The highest BCUT2D eigenvalue weighted by molar-refractivity contribution is 7.18. The number of carbonyl (C=O) groups is 1. The van der Waals surface area contributed by atoms with Gasteiger partial charge >= 0.3 is 0 Å². The fraction of sp³-hybridized carbons (Fsp3) is 0.200. The molecular weight excluding hydrogens is 272 g/mol. The molecule has 0 saturated heterocycles. The summed E-state index contributed by atoms with van der Waals surface area (Å²) in [7, 11) is 0. The average molecular weight is 286 g/mol. The third-order valence-corrected chi connectivity index (χ3v) is 4.03. The molecule has 0 saturated carbocycles. The van der Waals surface area contributed by atoms with Gasteiger partial charge in [-0.25, -0.2) is 4.98 Å². The molecule has 0 spiro atoms. The number of nitrogens with one attached hydrogen (secondary N) is 1. The molecule has 0 atom stereocenters. The molecule has 5 heteroatoms. The third-order valence-electron chi connectivity index (χ3n) is 2.94. The zero-order valence-electron chi connectivity index (χ0n) is 10.8. The SMILES string of the molecule is O=C(NCCCc1nc2ccccc2s1)c1ccco1. The number of fused-ring (bicyclic) bond motifs is 1. The first-order valence-corrected chi connectivity index (χ1v) is 7.31. The third kappa shape index (κ3) is 2.88. The lowest BCUT2D eigenvalue weighted by molar-refractivity contribution is 0.0925. The first-order valence-electron chi connectivity index (χ1n) is 6.49. The lowest BCUT2D eigenvalue weighted by Crippen LogP contribution is -2.24. The van der Waals surface area contributed by atoms with Crippen LogP contribution in [0.15, 0.2) is 47.1 Å². The van der Waals surface area contributed by atoms with Crippen LogP contribution in [-0.4, -0.2) is 17.4 Å². The topological polar surface area (TPSA) is 55.1 Å². The van der Waals surface area contributed by atoms with Gasteiger partial charge in [0.15, 0.2) is 5.76 Å². The zero-order chi connectivity index (χ0) is 13.8. The predicted molar refractivity (Wildman–Crippen MR) is 79.0 cm³/mol. The molecular formula is C15H14N2O2S. The standard InChI is InChI=1S/C15H14N2O2S/c18-15(12-6-4-10-19-12)16-9-3-8-14-17-11-5-1-2-7-13(11)20-14/h1-2,4-7,10H,3,8-9H2,(H,16,18). The van der Waals surface area contributed by atoms with E-state index in [1.54, 1.807) is 23.5 Å². The van der Waals surface area contributed by atoms with E-state index in [2.05, 4.69) is 16.4 Å². The Balaban J connectivity index is 1.49. The van der Waals surface area contributed by atoms with Crippen molar-refractivity contribution >= 4 is 27.5 Å².